The first-order valence-corrected chi connectivity index (χ1v) is 8.20. The first kappa shape index (κ1) is 18.7. The molecule has 4 nitrogen and oxygen atoms in total. The monoisotopic (exact) mass is 436 g/mol. The van der Waals surface area contributed by atoms with Gasteiger partial charge in [-0.15, -0.1) is 24.0 Å². The standard InChI is InChI=1S/C19H24N4.HI/c1-15-13-21-10-7-16(15)8-11-22-19(20-2)23-12-9-17-5-3-4-6-18(17)14-23;/h3-7,10,13H,8-9,11-12,14H2,1-2H3,(H,20,22);1H. The lowest BCUT2D eigenvalue weighted by molar-refractivity contribution is 0.379. The van der Waals surface area contributed by atoms with Crippen LogP contribution in [-0.4, -0.2) is 36.0 Å². The molecule has 0 spiro atoms. The highest BCUT2D eigenvalue weighted by atomic mass is 127. The molecule has 0 aliphatic carbocycles. The lowest BCUT2D eigenvalue weighted by Gasteiger charge is -2.31. The molecule has 1 aliphatic heterocycles. The van der Waals surface area contributed by atoms with Gasteiger partial charge in [-0.3, -0.25) is 9.98 Å². The molecule has 0 saturated carbocycles. The van der Waals surface area contributed by atoms with Gasteiger partial charge < -0.3 is 10.2 Å². The Labute approximate surface area is 161 Å². The molecule has 0 saturated heterocycles. The number of nitrogens with one attached hydrogen (secondary N) is 1. The molecular formula is C19H25IN4. The smallest absolute Gasteiger partial charge is 0.193 e. The van der Waals surface area contributed by atoms with Gasteiger partial charge in [-0.25, -0.2) is 0 Å². The molecule has 0 unspecified atom stereocenters. The second kappa shape index (κ2) is 9.01. The van der Waals surface area contributed by atoms with Crippen LogP contribution >= 0.6 is 24.0 Å². The number of fused-ring (bicyclic) bond motifs is 1. The second-order valence-corrected chi connectivity index (χ2v) is 5.97. The Morgan fingerprint density at radius 1 is 1.25 bits per heavy atom. The van der Waals surface area contributed by atoms with Crippen LogP contribution in [0.3, 0.4) is 0 Å². The normalized spacial score (nSPS) is 13.9. The maximum Gasteiger partial charge on any atom is 0.193 e. The third-order valence-electron chi connectivity index (χ3n) is 4.46. The number of pyridine rings is 1. The molecule has 0 amide bonds. The number of benzene rings is 1. The van der Waals surface area contributed by atoms with Crippen molar-refractivity contribution in [3.05, 3.63) is 65.0 Å². The van der Waals surface area contributed by atoms with Crippen LogP contribution in [0.25, 0.3) is 0 Å². The topological polar surface area (TPSA) is 40.5 Å². The number of aliphatic imine (C=N–C) groups is 1. The highest BCUT2D eigenvalue weighted by Gasteiger charge is 2.18. The van der Waals surface area contributed by atoms with Gasteiger partial charge in [0.1, 0.15) is 0 Å². The number of hydrogen-bond donors (Lipinski definition) is 1. The predicted molar refractivity (Wildman–Crippen MR) is 110 cm³/mol. The molecule has 5 heteroatoms. The van der Waals surface area contributed by atoms with Crippen LogP contribution in [-0.2, 0) is 19.4 Å². The van der Waals surface area contributed by atoms with E-state index in [1.807, 2.05) is 19.4 Å². The summed E-state index contributed by atoms with van der Waals surface area (Å²) in [5.41, 5.74) is 5.46. The van der Waals surface area contributed by atoms with Gasteiger partial charge in [0, 0.05) is 39.1 Å². The van der Waals surface area contributed by atoms with Gasteiger partial charge in [0.15, 0.2) is 5.96 Å². The van der Waals surface area contributed by atoms with Gasteiger partial charge in [-0.05, 0) is 48.1 Å². The van der Waals surface area contributed by atoms with Crippen LogP contribution in [0.4, 0.5) is 0 Å². The lowest BCUT2D eigenvalue weighted by Crippen LogP contribution is -2.44. The Morgan fingerprint density at radius 2 is 2.04 bits per heavy atom. The minimum atomic E-state index is 0. The molecule has 1 aromatic carbocycles. The Morgan fingerprint density at radius 3 is 2.79 bits per heavy atom. The third kappa shape index (κ3) is 4.47. The van der Waals surface area contributed by atoms with Crippen LogP contribution in [0.1, 0.15) is 22.3 Å². The molecule has 1 N–H and O–H groups in total. The van der Waals surface area contributed by atoms with E-state index in [1.54, 1.807) is 0 Å². The minimum Gasteiger partial charge on any atom is -0.356 e. The van der Waals surface area contributed by atoms with E-state index in [1.165, 1.54) is 22.3 Å². The van der Waals surface area contributed by atoms with E-state index in [-0.39, 0.29) is 24.0 Å². The first-order valence-electron chi connectivity index (χ1n) is 8.20. The van der Waals surface area contributed by atoms with Crippen molar-refractivity contribution in [1.29, 1.82) is 0 Å². The molecule has 1 aliphatic rings. The van der Waals surface area contributed by atoms with Crippen molar-refractivity contribution < 1.29 is 0 Å². The molecule has 128 valence electrons. The van der Waals surface area contributed by atoms with Gasteiger partial charge >= 0.3 is 0 Å². The van der Waals surface area contributed by atoms with Gasteiger partial charge in [0.05, 0.1) is 0 Å². The molecule has 2 aromatic rings. The molecule has 0 radical (unpaired) electrons. The van der Waals surface area contributed by atoms with Gasteiger partial charge in [-0.2, -0.15) is 0 Å². The average Bonchev–Trinajstić information content (AvgIpc) is 2.60. The van der Waals surface area contributed by atoms with Gasteiger partial charge in [0.2, 0.25) is 0 Å². The van der Waals surface area contributed by atoms with E-state index >= 15 is 0 Å². The molecule has 0 fully saturated rings. The van der Waals surface area contributed by atoms with Crippen LogP contribution in [0.5, 0.6) is 0 Å². The zero-order chi connectivity index (χ0) is 16.1. The quantitative estimate of drug-likeness (QED) is 0.457. The fourth-order valence-corrected chi connectivity index (χ4v) is 3.10. The summed E-state index contributed by atoms with van der Waals surface area (Å²) in [5, 5.41) is 3.50. The summed E-state index contributed by atoms with van der Waals surface area (Å²) < 4.78 is 0. The van der Waals surface area contributed by atoms with Crippen molar-refractivity contribution in [3.63, 3.8) is 0 Å². The van der Waals surface area contributed by atoms with E-state index in [9.17, 15) is 0 Å². The van der Waals surface area contributed by atoms with Crippen molar-refractivity contribution in [1.82, 2.24) is 15.2 Å². The summed E-state index contributed by atoms with van der Waals surface area (Å²) in [7, 11) is 1.86. The number of rotatable bonds is 3. The van der Waals surface area contributed by atoms with E-state index in [2.05, 4.69) is 57.4 Å². The summed E-state index contributed by atoms with van der Waals surface area (Å²) in [6.07, 6.45) is 5.85. The SMILES string of the molecule is CN=C(NCCc1ccncc1C)N1CCc2ccccc2C1.I. The van der Waals surface area contributed by atoms with Crippen LogP contribution in [0.2, 0.25) is 0 Å². The highest BCUT2D eigenvalue weighted by Crippen LogP contribution is 2.18. The maximum atomic E-state index is 4.46. The molecule has 0 atom stereocenters. The highest BCUT2D eigenvalue weighted by molar-refractivity contribution is 14.0. The first-order chi connectivity index (χ1) is 11.3. The third-order valence-corrected chi connectivity index (χ3v) is 4.46. The molecule has 24 heavy (non-hydrogen) atoms. The summed E-state index contributed by atoms with van der Waals surface area (Å²) in [5.74, 6) is 0.992. The summed E-state index contributed by atoms with van der Waals surface area (Å²) >= 11 is 0. The van der Waals surface area contributed by atoms with Crippen molar-refractivity contribution in [3.8, 4) is 0 Å². The zero-order valence-electron chi connectivity index (χ0n) is 14.3. The number of nitrogens with zero attached hydrogens (tertiary/aromatic N) is 3. The molecule has 3 rings (SSSR count). The largest absolute Gasteiger partial charge is 0.356 e. The average molecular weight is 436 g/mol. The molecule has 2 heterocycles. The number of aromatic nitrogens is 1. The number of guanidine groups is 1. The number of halogens is 1. The summed E-state index contributed by atoms with van der Waals surface area (Å²) in [6, 6.07) is 10.8. The Kier molecular flexibility index (Phi) is 7.02. The zero-order valence-corrected chi connectivity index (χ0v) is 16.7. The van der Waals surface area contributed by atoms with E-state index < -0.39 is 0 Å². The van der Waals surface area contributed by atoms with Crippen molar-refractivity contribution in [2.75, 3.05) is 20.1 Å². The molecule has 0 bridgehead atoms. The molecule has 1 aromatic heterocycles. The lowest BCUT2D eigenvalue weighted by atomic mass is 10.0. The number of hydrogen-bond acceptors (Lipinski definition) is 2. The Balaban J connectivity index is 0.00000208. The predicted octanol–water partition coefficient (Wildman–Crippen LogP) is 3.18. The number of aryl methyl sites for hydroxylation is 1. The van der Waals surface area contributed by atoms with Crippen molar-refractivity contribution in [2.45, 2.75) is 26.3 Å². The van der Waals surface area contributed by atoms with Gasteiger partial charge in [0.25, 0.3) is 0 Å². The van der Waals surface area contributed by atoms with E-state index in [4.69, 9.17) is 0 Å². The summed E-state index contributed by atoms with van der Waals surface area (Å²) in [6.45, 7) is 4.95. The van der Waals surface area contributed by atoms with Crippen LogP contribution in [0.15, 0.2) is 47.7 Å². The van der Waals surface area contributed by atoms with E-state index in [0.717, 1.165) is 38.4 Å². The maximum absolute atomic E-state index is 4.46. The Hall–Kier alpha value is -1.63. The second-order valence-electron chi connectivity index (χ2n) is 5.97. The Bertz CT molecular complexity index is 699. The fourth-order valence-electron chi connectivity index (χ4n) is 3.10. The van der Waals surface area contributed by atoms with Crippen molar-refractivity contribution in [2.24, 2.45) is 4.99 Å². The fraction of sp³-hybridized carbons (Fsp3) is 0.368. The summed E-state index contributed by atoms with van der Waals surface area (Å²) in [4.78, 5) is 10.9. The minimum absolute atomic E-state index is 0. The van der Waals surface area contributed by atoms with E-state index in [0.29, 0.717) is 0 Å². The van der Waals surface area contributed by atoms with Crippen molar-refractivity contribution >= 4 is 29.9 Å². The van der Waals surface area contributed by atoms with Crippen LogP contribution in [0, 0.1) is 6.92 Å². The van der Waals surface area contributed by atoms with Crippen LogP contribution < -0.4 is 5.32 Å². The van der Waals surface area contributed by atoms with Gasteiger partial charge in [-0.1, -0.05) is 24.3 Å². The molecular weight excluding hydrogens is 411 g/mol.